The van der Waals surface area contributed by atoms with Gasteiger partial charge in [-0.05, 0) is 38.1 Å². The molecule has 4 aromatic rings. The highest BCUT2D eigenvalue weighted by Crippen LogP contribution is 2.23. The molecule has 0 unspecified atom stereocenters. The number of hydrogen-bond donors (Lipinski definition) is 1. The van der Waals surface area contributed by atoms with Crippen LogP contribution in [0.4, 0.5) is 0 Å². The molecule has 4 rings (SSSR count). The molecule has 3 aromatic heterocycles. The summed E-state index contributed by atoms with van der Waals surface area (Å²) in [6.45, 7) is 3.75. The Morgan fingerprint density at radius 3 is 2.88 bits per heavy atom. The van der Waals surface area contributed by atoms with Gasteiger partial charge in [0.2, 0.25) is 0 Å². The summed E-state index contributed by atoms with van der Waals surface area (Å²) in [4.78, 5) is 12.5. The van der Waals surface area contributed by atoms with Gasteiger partial charge in [0.05, 0.1) is 11.6 Å². The number of rotatable bonds is 3. The van der Waals surface area contributed by atoms with E-state index in [0.717, 1.165) is 28.2 Å². The normalized spacial score (nSPS) is 12.6. The fraction of sp³-hybridized carbons (Fsp3) is 0.167. The number of fused-ring (bicyclic) bond motifs is 2. The second kappa shape index (κ2) is 5.49. The standard InChI is InChI=1S/C18H16N4O2/c1-11(16-9-13-5-3-4-6-15(13)24-16)19-18(23)14-7-8-17-21-20-12(2)22(17)10-14/h3-11H,1-2H3,(H,19,23)/t11-/m1/s1. The fourth-order valence-electron chi connectivity index (χ4n) is 2.71. The summed E-state index contributed by atoms with van der Waals surface area (Å²) in [6.07, 6.45) is 1.74. The quantitative estimate of drug-likeness (QED) is 0.629. The van der Waals surface area contributed by atoms with E-state index >= 15 is 0 Å². The largest absolute Gasteiger partial charge is 0.459 e. The minimum Gasteiger partial charge on any atom is -0.459 e. The number of hydrogen-bond acceptors (Lipinski definition) is 4. The molecule has 0 spiro atoms. The maximum atomic E-state index is 12.5. The zero-order chi connectivity index (χ0) is 16.7. The molecule has 6 nitrogen and oxygen atoms in total. The van der Waals surface area contributed by atoms with Gasteiger partial charge in [0.1, 0.15) is 17.2 Å². The molecule has 0 fully saturated rings. The number of benzene rings is 1. The van der Waals surface area contributed by atoms with Crippen LogP contribution in [0.25, 0.3) is 16.6 Å². The summed E-state index contributed by atoms with van der Waals surface area (Å²) in [6, 6.07) is 13.0. The lowest BCUT2D eigenvalue weighted by Gasteiger charge is -2.11. The molecule has 0 radical (unpaired) electrons. The molecular weight excluding hydrogens is 304 g/mol. The first-order valence-corrected chi connectivity index (χ1v) is 7.72. The Kier molecular flexibility index (Phi) is 3.30. The Morgan fingerprint density at radius 2 is 2.04 bits per heavy atom. The molecule has 0 aliphatic carbocycles. The molecule has 0 aliphatic rings. The summed E-state index contributed by atoms with van der Waals surface area (Å²) in [5, 5.41) is 12.0. The highest BCUT2D eigenvalue weighted by Gasteiger charge is 2.16. The van der Waals surface area contributed by atoms with Crippen molar-refractivity contribution in [2.75, 3.05) is 0 Å². The second-order valence-electron chi connectivity index (χ2n) is 5.77. The van der Waals surface area contributed by atoms with Crippen LogP contribution in [0.3, 0.4) is 0 Å². The predicted octanol–water partition coefficient (Wildman–Crippen LogP) is 3.27. The van der Waals surface area contributed by atoms with Crippen LogP contribution < -0.4 is 5.32 Å². The minimum atomic E-state index is -0.234. The Bertz CT molecular complexity index is 1010. The predicted molar refractivity (Wildman–Crippen MR) is 89.8 cm³/mol. The number of aryl methyl sites for hydroxylation is 1. The molecule has 24 heavy (non-hydrogen) atoms. The first-order chi connectivity index (χ1) is 11.6. The molecule has 0 saturated heterocycles. The molecule has 1 atom stereocenters. The number of carbonyl (C=O) groups is 1. The molecule has 0 aliphatic heterocycles. The van der Waals surface area contributed by atoms with Crippen LogP contribution in [-0.2, 0) is 0 Å². The summed E-state index contributed by atoms with van der Waals surface area (Å²) in [5.41, 5.74) is 2.08. The molecule has 1 N–H and O–H groups in total. The van der Waals surface area contributed by atoms with Crippen LogP contribution in [-0.4, -0.2) is 20.5 Å². The van der Waals surface area contributed by atoms with Gasteiger partial charge in [0.25, 0.3) is 5.91 Å². The van der Waals surface area contributed by atoms with Gasteiger partial charge in [-0.1, -0.05) is 18.2 Å². The van der Waals surface area contributed by atoms with Crippen molar-refractivity contribution >= 4 is 22.5 Å². The van der Waals surface area contributed by atoms with Gasteiger partial charge in [-0.2, -0.15) is 0 Å². The van der Waals surface area contributed by atoms with Crippen molar-refractivity contribution in [3.05, 3.63) is 65.8 Å². The SMILES string of the molecule is Cc1nnc2ccc(C(=O)N[C@H](C)c3cc4ccccc4o3)cn12. The highest BCUT2D eigenvalue weighted by atomic mass is 16.3. The number of pyridine rings is 1. The van der Waals surface area contributed by atoms with Crippen LogP contribution >= 0.6 is 0 Å². The van der Waals surface area contributed by atoms with Gasteiger partial charge in [-0.25, -0.2) is 0 Å². The molecular formula is C18H16N4O2. The number of nitrogens with zero attached hydrogens (tertiary/aromatic N) is 3. The molecule has 1 aromatic carbocycles. The average Bonchev–Trinajstić information content (AvgIpc) is 3.18. The van der Waals surface area contributed by atoms with Crippen molar-refractivity contribution in [1.82, 2.24) is 19.9 Å². The summed E-state index contributed by atoms with van der Waals surface area (Å²) in [7, 11) is 0. The Balaban J connectivity index is 1.58. The number of furan rings is 1. The first-order valence-electron chi connectivity index (χ1n) is 7.72. The molecule has 3 heterocycles. The number of carbonyl (C=O) groups excluding carboxylic acids is 1. The summed E-state index contributed by atoms with van der Waals surface area (Å²) in [5.74, 6) is 1.30. The zero-order valence-corrected chi connectivity index (χ0v) is 13.4. The maximum absolute atomic E-state index is 12.5. The highest BCUT2D eigenvalue weighted by molar-refractivity contribution is 5.94. The van der Waals surface area contributed by atoms with Crippen LogP contribution in [0.2, 0.25) is 0 Å². The summed E-state index contributed by atoms with van der Waals surface area (Å²) < 4.78 is 7.60. The maximum Gasteiger partial charge on any atom is 0.253 e. The van der Waals surface area contributed by atoms with E-state index in [-0.39, 0.29) is 11.9 Å². The van der Waals surface area contributed by atoms with Gasteiger partial charge in [-0.15, -0.1) is 10.2 Å². The topological polar surface area (TPSA) is 72.4 Å². The fourth-order valence-corrected chi connectivity index (χ4v) is 2.71. The number of amides is 1. The monoisotopic (exact) mass is 320 g/mol. The molecule has 0 bridgehead atoms. The first kappa shape index (κ1) is 14.4. The van der Waals surface area contributed by atoms with Crippen molar-refractivity contribution < 1.29 is 9.21 Å². The van der Waals surface area contributed by atoms with Gasteiger partial charge in [-0.3, -0.25) is 9.20 Å². The minimum absolute atomic E-state index is 0.169. The van der Waals surface area contributed by atoms with Crippen LogP contribution in [0.1, 0.15) is 34.9 Å². The van der Waals surface area contributed by atoms with E-state index in [4.69, 9.17) is 4.42 Å². The van der Waals surface area contributed by atoms with Crippen molar-refractivity contribution in [3.63, 3.8) is 0 Å². The van der Waals surface area contributed by atoms with E-state index < -0.39 is 0 Å². The molecule has 120 valence electrons. The third kappa shape index (κ3) is 2.42. The van der Waals surface area contributed by atoms with Crippen LogP contribution in [0.5, 0.6) is 0 Å². The lowest BCUT2D eigenvalue weighted by atomic mass is 10.2. The van der Waals surface area contributed by atoms with E-state index in [2.05, 4.69) is 15.5 Å². The number of aromatic nitrogens is 3. The van der Waals surface area contributed by atoms with Crippen molar-refractivity contribution in [2.24, 2.45) is 0 Å². The van der Waals surface area contributed by atoms with Crippen molar-refractivity contribution in [2.45, 2.75) is 19.9 Å². The van der Waals surface area contributed by atoms with E-state index in [1.54, 1.807) is 22.7 Å². The lowest BCUT2D eigenvalue weighted by Crippen LogP contribution is -2.26. The van der Waals surface area contributed by atoms with Gasteiger partial charge in [0, 0.05) is 11.6 Å². The van der Waals surface area contributed by atoms with Crippen molar-refractivity contribution in [1.29, 1.82) is 0 Å². The van der Waals surface area contributed by atoms with Gasteiger partial charge < -0.3 is 9.73 Å². The van der Waals surface area contributed by atoms with Crippen molar-refractivity contribution in [3.8, 4) is 0 Å². The Labute approximate surface area is 138 Å². The van der Waals surface area contributed by atoms with E-state index in [1.807, 2.05) is 44.2 Å². The van der Waals surface area contributed by atoms with Crippen LogP contribution in [0.15, 0.2) is 53.1 Å². The van der Waals surface area contributed by atoms with E-state index in [9.17, 15) is 4.79 Å². The van der Waals surface area contributed by atoms with Crippen LogP contribution in [0, 0.1) is 6.92 Å². The third-order valence-electron chi connectivity index (χ3n) is 4.05. The third-order valence-corrected chi connectivity index (χ3v) is 4.05. The smallest absolute Gasteiger partial charge is 0.253 e. The molecule has 1 amide bonds. The van der Waals surface area contributed by atoms with Gasteiger partial charge >= 0.3 is 0 Å². The number of para-hydroxylation sites is 1. The van der Waals surface area contributed by atoms with E-state index in [0.29, 0.717) is 5.56 Å². The molecule has 6 heteroatoms. The lowest BCUT2D eigenvalue weighted by molar-refractivity contribution is 0.0935. The summed E-state index contributed by atoms with van der Waals surface area (Å²) >= 11 is 0. The Morgan fingerprint density at radius 1 is 1.21 bits per heavy atom. The number of nitrogens with one attached hydrogen (secondary N) is 1. The second-order valence-corrected chi connectivity index (χ2v) is 5.77. The zero-order valence-electron chi connectivity index (χ0n) is 13.4. The molecule has 0 saturated carbocycles. The van der Waals surface area contributed by atoms with Gasteiger partial charge in [0.15, 0.2) is 5.65 Å². The Hall–Kier alpha value is -3.15. The average molecular weight is 320 g/mol. The van der Waals surface area contributed by atoms with E-state index in [1.165, 1.54) is 0 Å².